The van der Waals surface area contributed by atoms with Gasteiger partial charge in [0.1, 0.15) is 0 Å². The second kappa shape index (κ2) is 10.8. The fourth-order valence-corrected chi connectivity index (χ4v) is 3.26. The summed E-state index contributed by atoms with van der Waals surface area (Å²) >= 11 is 0. The summed E-state index contributed by atoms with van der Waals surface area (Å²) in [6.07, 6.45) is 3.60. The van der Waals surface area contributed by atoms with Crippen molar-refractivity contribution in [2.45, 2.75) is 57.6 Å². The number of piperidine rings is 1. The number of hydrogen-bond donors (Lipinski definition) is 1. The number of rotatable bonds is 9. The lowest BCUT2D eigenvalue weighted by atomic mass is 9.91. The molecule has 0 spiro atoms. The Hall–Kier alpha value is -2.41. The summed E-state index contributed by atoms with van der Waals surface area (Å²) < 4.78 is 15.8. The molecule has 154 valence electrons. The lowest BCUT2D eigenvalue weighted by Crippen LogP contribution is -2.53. The van der Waals surface area contributed by atoms with Crippen molar-refractivity contribution in [1.82, 2.24) is 5.32 Å². The Morgan fingerprint density at radius 1 is 1.04 bits per heavy atom. The first-order valence-electron chi connectivity index (χ1n) is 9.89. The molecule has 2 rings (SSSR count). The maximum atomic E-state index is 12.8. The third kappa shape index (κ3) is 5.55. The lowest BCUT2D eigenvalue weighted by molar-refractivity contribution is -0.185. The largest absolute Gasteiger partial charge is 0.463 e. The quantitative estimate of drug-likeness (QED) is 0.393. The van der Waals surface area contributed by atoms with Crippen LogP contribution in [0.3, 0.4) is 0 Å². The molecule has 7 heteroatoms. The van der Waals surface area contributed by atoms with Gasteiger partial charge < -0.3 is 19.5 Å². The molecular formula is C21H29NO6. The van der Waals surface area contributed by atoms with Gasteiger partial charge in [-0.25, -0.2) is 14.4 Å². The second-order valence-corrected chi connectivity index (χ2v) is 6.71. The topological polar surface area (TPSA) is 90.9 Å². The molecule has 28 heavy (non-hydrogen) atoms. The summed E-state index contributed by atoms with van der Waals surface area (Å²) in [5.74, 6) is -2.56. The summed E-state index contributed by atoms with van der Waals surface area (Å²) in [7, 11) is 0. The van der Waals surface area contributed by atoms with Gasteiger partial charge in [-0.05, 0) is 51.8 Å². The van der Waals surface area contributed by atoms with Gasteiger partial charge in [0, 0.05) is 12.5 Å². The van der Waals surface area contributed by atoms with Crippen LogP contribution in [0.5, 0.6) is 0 Å². The Morgan fingerprint density at radius 3 is 2.21 bits per heavy atom. The molecule has 7 nitrogen and oxygen atoms in total. The average Bonchev–Trinajstić information content (AvgIpc) is 2.72. The van der Waals surface area contributed by atoms with E-state index in [1.54, 1.807) is 44.2 Å². The Bertz CT molecular complexity index is 636. The number of hydrogen-bond acceptors (Lipinski definition) is 7. The number of carbonyl (C=O) groups is 3. The minimum Gasteiger partial charge on any atom is -0.463 e. The van der Waals surface area contributed by atoms with E-state index in [1.807, 2.05) is 0 Å². The van der Waals surface area contributed by atoms with Crippen molar-refractivity contribution < 1.29 is 28.6 Å². The molecule has 1 aromatic carbocycles. The van der Waals surface area contributed by atoms with Crippen molar-refractivity contribution in [3.8, 4) is 0 Å². The van der Waals surface area contributed by atoms with Gasteiger partial charge in [-0.3, -0.25) is 0 Å². The van der Waals surface area contributed by atoms with Gasteiger partial charge in [-0.2, -0.15) is 0 Å². The van der Waals surface area contributed by atoms with Crippen molar-refractivity contribution in [3.05, 3.63) is 35.9 Å². The molecule has 1 aliphatic heterocycles. The van der Waals surface area contributed by atoms with Gasteiger partial charge in [0.05, 0.1) is 18.8 Å². The minimum atomic E-state index is -2.11. The molecule has 1 aromatic rings. The van der Waals surface area contributed by atoms with Gasteiger partial charge in [0.25, 0.3) is 0 Å². The van der Waals surface area contributed by atoms with Crippen LogP contribution in [0.4, 0.5) is 0 Å². The van der Waals surface area contributed by atoms with Crippen LogP contribution in [0.1, 0.15) is 56.3 Å². The molecule has 1 heterocycles. The predicted octanol–water partition coefficient (Wildman–Crippen LogP) is 2.63. The zero-order valence-electron chi connectivity index (χ0n) is 16.6. The van der Waals surface area contributed by atoms with Crippen molar-refractivity contribution in [1.29, 1.82) is 0 Å². The van der Waals surface area contributed by atoms with Crippen LogP contribution in [-0.2, 0) is 23.8 Å². The van der Waals surface area contributed by atoms with E-state index in [-0.39, 0.29) is 31.2 Å². The van der Waals surface area contributed by atoms with Crippen LogP contribution in [0.25, 0.3) is 0 Å². The van der Waals surface area contributed by atoms with Crippen LogP contribution in [-0.4, -0.2) is 49.3 Å². The minimum absolute atomic E-state index is 0.000900. The Labute approximate surface area is 165 Å². The first-order valence-corrected chi connectivity index (χ1v) is 9.89. The molecule has 0 aliphatic carbocycles. The summed E-state index contributed by atoms with van der Waals surface area (Å²) in [4.78, 5) is 38.3. The van der Waals surface area contributed by atoms with Gasteiger partial charge in [0.15, 0.2) is 0 Å². The van der Waals surface area contributed by atoms with Crippen LogP contribution in [0.2, 0.25) is 0 Å². The van der Waals surface area contributed by atoms with E-state index in [1.165, 1.54) is 0 Å². The highest BCUT2D eigenvalue weighted by molar-refractivity contribution is 6.06. The Morgan fingerprint density at radius 2 is 1.68 bits per heavy atom. The molecule has 1 fully saturated rings. The second-order valence-electron chi connectivity index (χ2n) is 6.71. The van der Waals surface area contributed by atoms with E-state index in [0.29, 0.717) is 6.42 Å². The Kier molecular flexibility index (Phi) is 8.44. The summed E-state index contributed by atoms with van der Waals surface area (Å²) in [5.41, 5.74) is -1.87. The molecular weight excluding hydrogens is 362 g/mol. The number of carbonyl (C=O) groups excluding carboxylic acids is 3. The molecule has 0 amide bonds. The highest BCUT2D eigenvalue weighted by atomic mass is 16.6. The molecule has 0 radical (unpaired) electrons. The predicted molar refractivity (Wildman–Crippen MR) is 103 cm³/mol. The molecule has 0 aromatic heterocycles. The summed E-state index contributed by atoms with van der Waals surface area (Å²) in [5, 5.41) is 3.37. The van der Waals surface area contributed by atoms with Crippen LogP contribution < -0.4 is 5.32 Å². The van der Waals surface area contributed by atoms with Gasteiger partial charge >= 0.3 is 23.5 Å². The normalized spacial score (nSPS) is 16.9. The maximum absolute atomic E-state index is 12.8. The smallest absolute Gasteiger partial charge is 0.362 e. The zero-order chi connectivity index (χ0) is 20.4. The highest BCUT2D eigenvalue weighted by Crippen LogP contribution is 2.27. The van der Waals surface area contributed by atoms with Gasteiger partial charge in [-0.1, -0.05) is 24.6 Å². The molecule has 1 N–H and O–H groups in total. The van der Waals surface area contributed by atoms with E-state index in [2.05, 4.69) is 5.32 Å². The van der Waals surface area contributed by atoms with Gasteiger partial charge in [-0.15, -0.1) is 0 Å². The van der Waals surface area contributed by atoms with E-state index in [9.17, 15) is 14.4 Å². The molecule has 0 saturated carbocycles. The van der Waals surface area contributed by atoms with Crippen molar-refractivity contribution >= 4 is 17.9 Å². The fourth-order valence-electron chi connectivity index (χ4n) is 3.26. The molecule has 1 atom stereocenters. The van der Waals surface area contributed by atoms with E-state index >= 15 is 0 Å². The summed E-state index contributed by atoms with van der Waals surface area (Å²) in [6.45, 7) is 4.28. The Balaban J connectivity index is 2.29. The van der Waals surface area contributed by atoms with E-state index < -0.39 is 23.5 Å². The van der Waals surface area contributed by atoms with Crippen LogP contribution in [0, 0.1) is 0 Å². The first-order chi connectivity index (χ1) is 13.5. The maximum Gasteiger partial charge on any atom is 0.362 e. The zero-order valence-corrected chi connectivity index (χ0v) is 16.6. The number of ether oxygens (including phenoxy) is 3. The third-order valence-corrected chi connectivity index (χ3v) is 4.74. The van der Waals surface area contributed by atoms with Crippen LogP contribution >= 0.6 is 0 Å². The third-order valence-electron chi connectivity index (χ3n) is 4.74. The van der Waals surface area contributed by atoms with Crippen molar-refractivity contribution in [3.63, 3.8) is 0 Å². The molecule has 1 saturated heterocycles. The van der Waals surface area contributed by atoms with Crippen molar-refractivity contribution in [2.24, 2.45) is 0 Å². The highest BCUT2D eigenvalue weighted by Gasteiger charge is 2.53. The van der Waals surface area contributed by atoms with Crippen LogP contribution in [0.15, 0.2) is 30.3 Å². The standard InChI is InChI=1S/C21H29NO6/c1-3-26-19(24)21(20(25)27-4-2,14-13-17-12-8-9-15-22-17)28-18(23)16-10-6-5-7-11-16/h5-7,10-11,17,22H,3-4,8-9,12-15H2,1-2H3/t17-/m0/s1. The van der Waals surface area contributed by atoms with Gasteiger partial charge in [0.2, 0.25) is 0 Å². The number of benzene rings is 1. The lowest BCUT2D eigenvalue weighted by Gasteiger charge is -2.31. The SMILES string of the molecule is CCOC(=O)C(CC[C@@H]1CCCCN1)(OC(=O)c1ccccc1)C(=O)OCC. The van der Waals surface area contributed by atoms with E-state index in [4.69, 9.17) is 14.2 Å². The molecule has 0 unspecified atom stereocenters. The molecule has 0 bridgehead atoms. The average molecular weight is 391 g/mol. The van der Waals surface area contributed by atoms with E-state index in [0.717, 1.165) is 25.8 Å². The summed E-state index contributed by atoms with van der Waals surface area (Å²) in [6, 6.07) is 8.39. The molecule has 1 aliphatic rings. The first kappa shape index (κ1) is 21.9. The monoisotopic (exact) mass is 391 g/mol. The number of esters is 3. The van der Waals surface area contributed by atoms with Crippen molar-refractivity contribution in [2.75, 3.05) is 19.8 Å². The fraction of sp³-hybridized carbons (Fsp3) is 0.571. The number of nitrogens with one attached hydrogen (secondary N) is 1.